The molecule has 0 atom stereocenters. The van der Waals surface area contributed by atoms with E-state index in [1.807, 2.05) is 18.2 Å². The number of benzene rings is 1. The normalized spacial score (nSPS) is 16.7. The third-order valence-electron chi connectivity index (χ3n) is 5.15. The summed E-state index contributed by atoms with van der Waals surface area (Å²) < 4.78 is 8.29. The lowest BCUT2D eigenvalue weighted by Gasteiger charge is -2.17. The van der Waals surface area contributed by atoms with Gasteiger partial charge in [-0.05, 0) is 64.9 Å². The zero-order valence-electron chi connectivity index (χ0n) is 16.4. The summed E-state index contributed by atoms with van der Waals surface area (Å²) in [6, 6.07) is 5.93. The number of hydrogen-bond acceptors (Lipinski definition) is 4. The van der Waals surface area contributed by atoms with E-state index in [0.717, 1.165) is 41.5 Å². The van der Waals surface area contributed by atoms with Crippen LogP contribution in [0.5, 0.6) is 5.75 Å². The topological polar surface area (TPSA) is 50.5 Å². The van der Waals surface area contributed by atoms with Crippen LogP contribution in [-0.4, -0.2) is 44.9 Å². The van der Waals surface area contributed by atoms with Crippen molar-refractivity contribution in [1.29, 1.82) is 0 Å². The Balaban J connectivity index is 1.74. The molecule has 2 aromatic rings. The second-order valence-corrected chi connectivity index (χ2v) is 7.97. The Morgan fingerprint density at radius 2 is 2.00 bits per heavy atom. The van der Waals surface area contributed by atoms with Crippen molar-refractivity contribution in [3.63, 3.8) is 0 Å². The maximum atomic E-state index is 9.88. The first-order valence-corrected chi connectivity index (χ1v) is 9.72. The van der Waals surface area contributed by atoms with Gasteiger partial charge in [0.2, 0.25) is 0 Å². The fourth-order valence-electron chi connectivity index (χ4n) is 3.79. The van der Waals surface area contributed by atoms with Gasteiger partial charge in [-0.1, -0.05) is 11.8 Å². The van der Waals surface area contributed by atoms with Gasteiger partial charge < -0.3 is 14.4 Å². The number of rotatable bonds is 2. The van der Waals surface area contributed by atoms with Crippen LogP contribution >= 0.6 is 0 Å². The Hall–Kier alpha value is -2.29. The summed E-state index contributed by atoms with van der Waals surface area (Å²) in [6.45, 7) is 10.2. The van der Waals surface area contributed by atoms with E-state index in [1.165, 1.54) is 31.6 Å². The van der Waals surface area contributed by atoms with Crippen molar-refractivity contribution in [1.82, 2.24) is 14.5 Å². The standard InChI is InChI=1S/C22H27N3O2/c1-16-19(15-24-10-4-5-11-24)25-12-13-27-20-7-6-17(8-9-22(2,3)26)14-18(20)21(25)23-16/h6-7,14,26H,4-5,10-13,15H2,1-3H3. The second kappa shape index (κ2) is 7.03. The van der Waals surface area contributed by atoms with Crippen molar-refractivity contribution in [2.45, 2.75) is 52.3 Å². The predicted octanol–water partition coefficient (Wildman–Crippen LogP) is 2.97. The lowest BCUT2D eigenvalue weighted by Crippen LogP contribution is -2.22. The van der Waals surface area contributed by atoms with Gasteiger partial charge in [0.1, 0.15) is 23.8 Å². The number of hydrogen-bond donors (Lipinski definition) is 1. The lowest BCUT2D eigenvalue weighted by atomic mass is 10.1. The van der Waals surface area contributed by atoms with Crippen molar-refractivity contribution in [2.24, 2.45) is 0 Å². The molecule has 3 heterocycles. The van der Waals surface area contributed by atoms with Gasteiger partial charge in [0.15, 0.2) is 0 Å². The van der Waals surface area contributed by atoms with Gasteiger partial charge in [0, 0.05) is 12.1 Å². The van der Waals surface area contributed by atoms with E-state index in [9.17, 15) is 5.11 Å². The van der Waals surface area contributed by atoms with Crippen LogP contribution in [0.4, 0.5) is 0 Å². The molecule has 1 aromatic carbocycles. The van der Waals surface area contributed by atoms with Crippen LogP contribution in [0.25, 0.3) is 11.4 Å². The average Bonchev–Trinajstić information content (AvgIpc) is 3.19. The Morgan fingerprint density at radius 1 is 1.22 bits per heavy atom. The number of fused-ring (bicyclic) bond motifs is 3. The van der Waals surface area contributed by atoms with Gasteiger partial charge in [0.25, 0.3) is 0 Å². The summed E-state index contributed by atoms with van der Waals surface area (Å²) in [5.41, 5.74) is 3.20. The van der Waals surface area contributed by atoms with Crippen LogP contribution in [0.15, 0.2) is 18.2 Å². The molecule has 5 nitrogen and oxygen atoms in total. The minimum atomic E-state index is -1.01. The van der Waals surface area contributed by atoms with Crippen LogP contribution in [-0.2, 0) is 13.1 Å². The molecule has 27 heavy (non-hydrogen) atoms. The van der Waals surface area contributed by atoms with E-state index >= 15 is 0 Å². The van der Waals surface area contributed by atoms with Crippen LogP contribution < -0.4 is 4.74 Å². The first-order valence-electron chi connectivity index (χ1n) is 9.72. The monoisotopic (exact) mass is 365 g/mol. The summed E-state index contributed by atoms with van der Waals surface area (Å²) in [5.74, 6) is 7.75. The maximum Gasteiger partial charge on any atom is 0.144 e. The van der Waals surface area contributed by atoms with Crippen LogP contribution in [0.2, 0.25) is 0 Å². The number of nitrogens with zero attached hydrogens (tertiary/aromatic N) is 3. The number of aliphatic hydroxyl groups is 1. The van der Waals surface area contributed by atoms with E-state index < -0.39 is 5.60 Å². The number of imidazole rings is 1. The van der Waals surface area contributed by atoms with Gasteiger partial charge in [-0.15, -0.1) is 0 Å². The summed E-state index contributed by atoms with van der Waals surface area (Å²) in [6.07, 6.45) is 2.57. The third-order valence-corrected chi connectivity index (χ3v) is 5.15. The molecular weight excluding hydrogens is 338 g/mol. The molecule has 5 heteroatoms. The van der Waals surface area contributed by atoms with Gasteiger partial charge in [0.05, 0.1) is 23.5 Å². The molecule has 0 amide bonds. The van der Waals surface area contributed by atoms with Crippen molar-refractivity contribution in [3.8, 4) is 29.0 Å². The highest BCUT2D eigenvalue weighted by Gasteiger charge is 2.24. The van der Waals surface area contributed by atoms with Crippen LogP contribution in [0.1, 0.15) is 43.6 Å². The largest absolute Gasteiger partial charge is 0.491 e. The van der Waals surface area contributed by atoms with Gasteiger partial charge >= 0.3 is 0 Å². The summed E-state index contributed by atoms with van der Waals surface area (Å²) in [4.78, 5) is 7.41. The van der Waals surface area contributed by atoms with Crippen molar-refractivity contribution in [3.05, 3.63) is 35.2 Å². The quantitative estimate of drug-likeness (QED) is 0.832. The number of aryl methyl sites for hydroxylation is 1. The minimum absolute atomic E-state index is 0.636. The van der Waals surface area contributed by atoms with Gasteiger partial charge in [-0.2, -0.15) is 0 Å². The first-order chi connectivity index (χ1) is 12.9. The molecule has 0 aliphatic carbocycles. The van der Waals surface area contributed by atoms with Gasteiger partial charge in [-0.3, -0.25) is 4.90 Å². The average molecular weight is 365 g/mol. The summed E-state index contributed by atoms with van der Waals surface area (Å²) in [5, 5.41) is 9.88. The minimum Gasteiger partial charge on any atom is -0.491 e. The molecular formula is C22H27N3O2. The van der Waals surface area contributed by atoms with Crippen LogP contribution in [0, 0.1) is 18.8 Å². The molecule has 0 bridgehead atoms. The molecule has 142 valence electrons. The van der Waals surface area contributed by atoms with Crippen LogP contribution in [0.3, 0.4) is 0 Å². The highest BCUT2D eigenvalue weighted by atomic mass is 16.5. The Kier molecular flexibility index (Phi) is 4.71. The maximum absolute atomic E-state index is 9.88. The molecule has 4 rings (SSSR count). The fraction of sp³-hybridized carbons (Fsp3) is 0.500. The first kappa shape index (κ1) is 18.1. The molecule has 0 unspecified atom stereocenters. The highest BCUT2D eigenvalue weighted by Crippen LogP contribution is 2.34. The van der Waals surface area contributed by atoms with E-state index in [0.29, 0.717) is 6.61 Å². The van der Waals surface area contributed by atoms with Crippen molar-refractivity contribution in [2.75, 3.05) is 19.7 Å². The molecule has 2 aliphatic heterocycles. The Bertz CT molecular complexity index is 906. The number of likely N-dealkylation sites (tertiary alicyclic amines) is 1. The van der Waals surface area contributed by atoms with E-state index in [2.05, 4.69) is 28.2 Å². The molecule has 1 aromatic heterocycles. The summed E-state index contributed by atoms with van der Waals surface area (Å²) >= 11 is 0. The number of ether oxygens (including phenoxy) is 1. The fourth-order valence-corrected chi connectivity index (χ4v) is 3.79. The smallest absolute Gasteiger partial charge is 0.144 e. The predicted molar refractivity (Wildman–Crippen MR) is 106 cm³/mol. The lowest BCUT2D eigenvalue weighted by molar-refractivity contribution is 0.143. The van der Waals surface area contributed by atoms with E-state index in [1.54, 1.807) is 13.8 Å². The molecule has 2 aliphatic rings. The molecule has 1 fully saturated rings. The summed E-state index contributed by atoms with van der Waals surface area (Å²) in [7, 11) is 0. The van der Waals surface area contributed by atoms with E-state index in [-0.39, 0.29) is 0 Å². The van der Waals surface area contributed by atoms with Crippen molar-refractivity contribution < 1.29 is 9.84 Å². The zero-order chi connectivity index (χ0) is 19.0. The molecule has 1 saturated heterocycles. The second-order valence-electron chi connectivity index (χ2n) is 7.97. The highest BCUT2D eigenvalue weighted by molar-refractivity contribution is 5.68. The van der Waals surface area contributed by atoms with E-state index in [4.69, 9.17) is 9.72 Å². The molecule has 0 spiro atoms. The Labute approximate surface area is 161 Å². The Morgan fingerprint density at radius 3 is 2.74 bits per heavy atom. The number of aromatic nitrogens is 2. The van der Waals surface area contributed by atoms with Crippen molar-refractivity contribution >= 4 is 0 Å². The molecule has 0 radical (unpaired) electrons. The molecule has 0 saturated carbocycles. The SMILES string of the molecule is Cc1nc2n(c1CN1CCCC1)CCOc1ccc(C#CC(C)(C)O)cc1-2. The molecule has 1 N–H and O–H groups in total. The third kappa shape index (κ3) is 3.87. The zero-order valence-corrected chi connectivity index (χ0v) is 16.4. The van der Waals surface area contributed by atoms with Gasteiger partial charge in [-0.25, -0.2) is 4.98 Å².